The minimum Gasteiger partial charge on any atom is -0.480 e. The second kappa shape index (κ2) is 4.72. The summed E-state index contributed by atoms with van der Waals surface area (Å²) in [6.07, 6.45) is 4.07. The number of hydrogen-bond acceptors (Lipinski definition) is 2. The average Bonchev–Trinajstić information content (AvgIpc) is 3.01. The van der Waals surface area contributed by atoms with Gasteiger partial charge in [-0.1, -0.05) is 0 Å². The van der Waals surface area contributed by atoms with Crippen LogP contribution in [0.5, 0.6) is 0 Å². The molecular weight excluding hydrogens is 244 g/mol. The zero-order valence-corrected chi connectivity index (χ0v) is 11.6. The molecule has 19 heavy (non-hydrogen) atoms. The summed E-state index contributed by atoms with van der Waals surface area (Å²) in [5.41, 5.74) is 0.0624. The Kier molecular flexibility index (Phi) is 3.39. The lowest BCUT2D eigenvalue weighted by Gasteiger charge is -2.34. The second-order valence-corrected chi connectivity index (χ2v) is 5.99. The number of carbonyl (C=O) groups is 2. The molecule has 0 spiro atoms. The molecule has 2 rings (SSSR count). The van der Waals surface area contributed by atoms with Gasteiger partial charge in [0, 0.05) is 17.8 Å². The van der Waals surface area contributed by atoms with Crippen LogP contribution in [0.3, 0.4) is 0 Å². The van der Waals surface area contributed by atoms with Gasteiger partial charge in [0.05, 0.1) is 0 Å². The van der Waals surface area contributed by atoms with E-state index in [0.29, 0.717) is 11.7 Å². The summed E-state index contributed by atoms with van der Waals surface area (Å²) in [5.74, 6) is -1.21. The molecule has 104 valence electrons. The van der Waals surface area contributed by atoms with Crippen LogP contribution in [0.25, 0.3) is 0 Å². The van der Waals surface area contributed by atoms with E-state index in [0.717, 1.165) is 12.8 Å². The lowest BCUT2D eigenvalue weighted by atomic mass is 10.1. The molecular formula is C14H20N2O3. The molecule has 1 aliphatic rings. The SMILES string of the molecule is CC(C)(C)N(CC(=O)O)C(=O)c1cccn1C1CC1. The minimum atomic E-state index is -0.993. The third kappa shape index (κ3) is 2.97. The number of rotatable bonds is 4. The molecule has 1 aliphatic carbocycles. The van der Waals surface area contributed by atoms with Gasteiger partial charge in [0.25, 0.3) is 5.91 Å². The Balaban J connectivity index is 2.28. The molecule has 1 amide bonds. The van der Waals surface area contributed by atoms with E-state index in [1.165, 1.54) is 4.90 Å². The first kappa shape index (κ1) is 13.6. The highest BCUT2D eigenvalue weighted by Gasteiger charge is 2.33. The molecule has 0 aromatic carbocycles. The van der Waals surface area contributed by atoms with Crippen molar-refractivity contribution >= 4 is 11.9 Å². The highest BCUT2D eigenvalue weighted by atomic mass is 16.4. The molecule has 1 aromatic heterocycles. The molecule has 0 bridgehead atoms. The zero-order valence-electron chi connectivity index (χ0n) is 11.6. The van der Waals surface area contributed by atoms with Crippen molar-refractivity contribution in [3.63, 3.8) is 0 Å². The van der Waals surface area contributed by atoms with Gasteiger partial charge in [-0.25, -0.2) is 0 Å². The Hall–Kier alpha value is -1.78. The van der Waals surface area contributed by atoms with Gasteiger partial charge in [-0.05, 0) is 45.7 Å². The van der Waals surface area contributed by atoms with Crippen molar-refractivity contribution in [1.82, 2.24) is 9.47 Å². The van der Waals surface area contributed by atoms with E-state index in [4.69, 9.17) is 5.11 Å². The summed E-state index contributed by atoms with van der Waals surface area (Å²) in [7, 11) is 0. The van der Waals surface area contributed by atoms with Gasteiger partial charge < -0.3 is 14.6 Å². The fraction of sp³-hybridized carbons (Fsp3) is 0.571. The van der Waals surface area contributed by atoms with Crippen molar-refractivity contribution in [1.29, 1.82) is 0 Å². The number of amides is 1. The van der Waals surface area contributed by atoms with Crippen LogP contribution in [0.2, 0.25) is 0 Å². The number of carboxylic acid groups (broad SMARTS) is 1. The number of aliphatic carboxylic acids is 1. The van der Waals surface area contributed by atoms with Crippen LogP contribution in [0, 0.1) is 0 Å². The van der Waals surface area contributed by atoms with E-state index < -0.39 is 11.5 Å². The van der Waals surface area contributed by atoms with Crippen LogP contribution in [-0.4, -0.2) is 38.5 Å². The smallest absolute Gasteiger partial charge is 0.323 e. The molecule has 0 radical (unpaired) electrons. The molecule has 0 atom stereocenters. The molecule has 1 N–H and O–H groups in total. The highest BCUT2D eigenvalue weighted by molar-refractivity contribution is 5.95. The van der Waals surface area contributed by atoms with Crippen LogP contribution < -0.4 is 0 Å². The first-order chi connectivity index (χ1) is 8.80. The first-order valence-electron chi connectivity index (χ1n) is 6.51. The maximum atomic E-state index is 12.6. The van der Waals surface area contributed by atoms with Crippen LogP contribution in [0.1, 0.15) is 50.1 Å². The maximum absolute atomic E-state index is 12.6. The Labute approximate surface area is 112 Å². The predicted octanol–water partition coefficient (Wildman–Crippen LogP) is 2.15. The average molecular weight is 264 g/mol. The summed E-state index contributed by atoms with van der Waals surface area (Å²) in [6.45, 7) is 5.26. The van der Waals surface area contributed by atoms with Gasteiger partial charge >= 0.3 is 5.97 Å². The Bertz CT molecular complexity index is 495. The number of nitrogens with zero attached hydrogens (tertiary/aromatic N) is 2. The second-order valence-electron chi connectivity index (χ2n) is 5.99. The summed E-state index contributed by atoms with van der Waals surface area (Å²) in [5, 5.41) is 8.98. The van der Waals surface area contributed by atoms with Gasteiger partial charge in [-0.15, -0.1) is 0 Å². The fourth-order valence-corrected chi connectivity index (χ4v) is 2.13. The Morgan fingerprint density at radius 3 is 2.53 bits per heavy atom. The first-order valence-corrected chi connectivity index (χ1v) is 6.51. The van der Waals surface area contributed by atoms with E-state index in [1.807, 2.05) is 37.6 Å². The number of aromatic nitrogens is 1. The fourth-order valence-electron chi connectivity index (χ4n) is 2.13. The quantitative estimate of drug-likeness (QED) is 0.906. The van der Waals surface area contributed by atoms with Crippen molar-refractivity contribution in [3.8, 4) is 0 Å². The third-order valence-corrected chi connectivity index (χ3v) is 3.29. The van der Waals surface area contributed by atoms with Crippen molar-refractivity contribution in [2.75, 3.05) is 6.54 Å². The minimum absolute atomic E-state index is 0.216. The molecule has 5 nitrogen and oxygen atoms in total. The third-order valence-electron chi connectivity index (χ3n) is 3.29. The normalized spacial score (nSPS) is 15.3. The van der Waals surface area contributed by atoms with Gasteiger partial charge in [0.2, 0.25) is 0 Å². The molecule has 1 aromatic rings. The largest absolute Gasteiger partial charge is 0.480 e. The van der Waals surface area contributed by atoms with Crippen molar-refractivity contribution in [3.05, 3.63) is 24.0 Å². The number of carbonyl (C=O) groups excluding carboxylic acids is 1. The predicted molar refractivity (Wildman–Crippen MR) is 71.1 cm³/mol. The van der Waals surface area contributed by atoms with Gasteiger partial charge in [0.15, 0.2) is 0 Å². The molecule has 1 heterocycles. The monoisotopic (exact) mass is 264 g/mol. The standard InChI is InChI=1S/C14H20N2O3/c1-14(2,3)16(9-12(17)18)13(19)11-5-4-8-15(11)10-6-7-10/h4-5,8,10H,6-7,9H2,1-3H3,(H,17,18). The summed E-state index contributed by atoms with van der Waals surface area (Å²) in [4.78, 5) is 25.0. The summed E-state index contributed by atoms with van der Waals surface area (Å²) >= 11 is 0. The van der Waals surface area contributed by atoms with Crippen molar-refractivity contribution in [2.45, 2.75) is 45.2 Å². The van der Waals surface area contributed by atoms with Gasteiger partial charge in [0.1, 0.15) is 12.2 Å². The molecule has 0 aliphatic heterocycles. The van der Waals surface area contributed by atoms with E-state index in [2.05, 4.69) is 0 Å². The lowest BCUT2D eigenvalue weighted by Crippen LogP contribution is -2.48. The van der Waals surface area contributed by atoms with E-state index in [1.54, 1.807) is 6.07 Å². The van der Waals surface area contributed by atoms with E-state index in [9.17, 15) is 9.59 Å². The van der Waals surface area contributed by atoms with E-state index in [-0.39, 0.29) is 12.5 Å². The van der Waals surface area contributed by atoms with Crippen LogP contribution in [0.4, 0.5) is 0 Å². The molecule has 0 unspecified atom stereocenters. The van der Waals surface area contributed by atoms with Gasteiger partial charge in [-0.3, -0.25) is 9.59 Å². The molecule has 1 fully saturated rings. The Morgan fingerprint density at radius 2 is 2.05 bits per heavy atom. The number of hydrogen-bond donors (Lipinski definition) is 1. The molecule has 1 saturated carbocycles. The summed E-state index contributed by atoms with van der Waals surface area (Å²) in [6, 6.07) is 4.01. The van der Waals surface area contributed by atoms with E-state index >= 15 is 0 Å². The highest BCUT2D eigenvalue weighted by Crippen LogP contribution is 2.36. The topological polar surface area (TPSA) is 62.5 Å². The van der Waals surface area contributed by atoms with Crippen molar-refractivity contribution < 1.29 is 14.7 Å². The van der Waals surface area contributed by atoms with Gasteiger partial charge in [-0.2, -0.15) is 0 Å². The van der Waals surface area contributed by atoms with Crippen LogP contribution in [0.15, 0.2) is 18.3 Å². The van der Waals surface area contributed by atoms with Crippen LogP contribution >= 0.6 is 0 Å². The lowest BCUT2D eigenvalue weighted by molar-refractivity contribution is -0.138. The molecule has 5 heteroatoms. The Morgan fingerprint density at radius 1 is 1.42 bits per heavy atom. The maximum Gasteiger partial charge on any atom is 0.323 e. The molecule has 0 saturated heterocycles. The number of carboxylic acids is 1. The summed E-state index contributed by atoms with van der Waals surface area (Å²) < 4.78 is 1.96. The zero-order chi connectivity index (χ0) is 14.2. The van der Waals surface area contributed by atoms with Crippen LogP contribution in [-0.2, 0) is 4.79 Å². The van der Waals surface area contributed by atoms with Crippen molar-refractivity contribution in [2.24, 2.45) is 0 Å².